The molecule has 2 heterocycles. The lowest BCUT2D eigenvalue weighted by molar-refractivity contribution is 0.634. The zero-order valence-corrected chi connectivity index (χ0v) is 11.9. The second kappa shape index (κ2) is 4.92. The molecule has 0 bridgehead atoms. The van der Waals surface area contributed by atoms with Gasteiger partial charge in [-0.2, -0.15) is 0 Å². The first kappa shape index (κ1) is 12.5. The number of benzene rings is 1. The Morgan fingerprint density at radius 1 is 1.00 bits per heavy atom. The molecule has 0 spiro atoms. The summed E-state index contributed by atoms with van der Waals surface area (Å²) in [5.74, 6) is 0. The highest BCUT2D eigenvalue weighted by molar-refractivity contribution is 5.86. The lowest BCUT2D eigenvalue weighted by Crippen LogP contribution is -2.13. The standard InChI is InChI=1S/C18H18N2O/c21-18-11-5-6-13(19-18)12-20-16-9-3-1-7-14(16)15-8-2-4-10-17(15)20/h1,3,5-7,9,11H,2,4,8,10,12H2,(H,19,21). The molecule has 0 atom stereocenters. The summed E-state index contributed by atoms with van der Waals surface area (Å²) >= 11 is 0. The van der Waals surface area contributed by atoms with Gasteiger partial charge in [-0.3, -0.25) is 4.79 Å². The molecule has 1 N–H and O–H groups in total. The number of nitrogens with zero attached hydrogens (tertiary/aromatic N) is 1. The van der Waals surface area contributed by atoms with Crippen LogP contribution in [0.4, 0.5) is 0 Å². The topological polar surface area (TPSA) is 37.8 Å². The number of aromatic nitrogens is 2. The van der Waals surface area contributed by atoms with Crippen molar-refractivity contribution < 1.29 is 0 Å². The van der Waals surface area contributed by atoms with Gasteiger partial charge in [0.05, 0.1) is 6.54 Å². The Morgan fingerprint density at radius 2 is 1.86 bits per heavy atom. The van der Waals surface area contributed by atoms with Crippen molar-refractivity contribution in [3.05, 3.63) is 69.8 Å². The van der Waals surface area contributed by atoms with Gasteiger partial charge in [-0.05, 0) is 43.4 Å². The van der Waals surface area contributed by atoms with Crippen molar-refractivity contribution in [1.29, 1.82) is 0 Å². The molecule has 0 unspecified atom stereocenters. The van der Waals surface area contributed by atoms with Crippen LogP contribution in [-0.4, -0.2) is 9.55 Å². The molecule has 2 aromatic heterocycles. The van der Waals surface area contributed by atoms with Crippen LogP contribution in [0, 0.1) is 0 Å². The molecule has 4 rings (SSSR count). The van der Waals surface area contributed by atoms with E-state index in [1.165, 1.54) is 41.4 Å². The largest absolute Gasteiger partial charge is 0.338 e. The number of rotatable bonds is 2. The maximum absolute atomic E-state index is 11.5. The van der Waals surface area contributed by atoms with Gasteiger partial charge in [-0.15, -0.1) is 0 Å². The number of hydrogen-bond donors (Lipinski definition) is 1. The lowest BCUT2D eigenvalue weighted by atomic mass is 9.95. The molecule has 1 aliphatic carbocycles. The smallest absolute Gasteiger partial charge is 0.248 e. The summed E-state index contributed by atoms with van der Waals surface area (Å²) in [7, 11) is 0. The first-order chi connectivity index (χ1) is 10.3. The van der Waals surface area contributed by atoms with Gasteiger partial charge in [0.1, 0.15) is 0 Å². The number of aryl methyl sites for hydroxylation is 1. The summed E-state index contributed by atoms with van der Waals surface area (Å²) in [6.45, 7) is 0.742. The molecular weight excluding hydrogens is 260 g/mol. The van der Waals surface area contributed by atoms with E-state index in [0.717, 1.165) is 18.7 Å². The van der Waals surface area contributed by atoms with E-state index in [1.54, 1.807) is 6.07 Å². The molecule has 1 aliphatic rings. The quantitative estimate of drug-likeness (QED) is 0.767. The second-order valence-electron chi connectivity index (χ2n) is 5.78. The third-order valence-corrected chi connectivity index (χ3v) is 4.44. The van der Waals surface area contributed by atoms with E-state index in [2.05, 4.69) is 33.8 Å². The third-order valence-electron chi connectivity index (χ3n) is 4.44. The van der Waals surface area contributed by atoms with Gasteiger partial charge >= 0.3 is 0 Å². The van der Waals surface area contributed by atoms with Crippen molar-refractivity contribution in [2.75, 3.05) is 0 Å². The van der Waals surface area contributed by atoms with Crippen molar-refractivity contribution >= 4 is 10.9 Å². The van der Waals surface area contributed by atoms with E-state index in [9.17, 15) is 4.79 Å². The van der Waals surface area contributed by atoms with Crippen LogP contribution in [0.25, 0.3) is 10.9 Å². The Bertz CT molecular complexity index is 857. The van der Waals surface area contributed by atoms with Crippen LogP contribution in [0.2, 0.25) is 0 Å². The van der Waals surface area contributed by atoms with Crippen molar-refractivity contribution in [2.45, 2.75) is 32.2 Å². The van der Waals surface area contributed by atoms with Gasteiger partial charge in [0.25, 0.3) is 0 Å². The van der Waals surface area contributed by atoms with Gasteiger partial charge in [0.2, 0.25) is 5.56 Å². The Kier molecular flexibility index (Phi) is 2.92. The predicted octanol–water partition coefficient (Wildman–Crippen LogP) is 3.26. The van der Waals surface area contributed by atoms with Gasteiger partial charge < -0.3 is 9.55 Å². The molecular formula is C18H18N2O. The number of hydrogen-bond acceptors (Lipinski definition) is 1. The highest BCUT2D eigenvalue weighted by Gasteiger charge is 2.19. The number of nitrogens with one attached hydrogen (secondary N) is 1. The zero-order chi connectivity index (χ0) is 14.2. The van der Waals surface area contributed by atoms with Crippen molar-refractivity contribution in [3.63, 3.8) is 0 Å². The number of aromatic amines is 1. The molecule has 0 fully saturated rings. The first-order valence-electron chi connectivity index (χ1n) is 7.60. The van der Waals surface area contributed by atoms with E-state index < -0.39 is 0 Å². The van der Waals surface area contributed by atoms with Crippen molar-refractivity contribution in [2.24, 2.45) is 0 Å². The molecule has 3 nitrogen and oxygen atoms in total. The van der Waals surface area contributed by atoms with Gasteiger partial charge in [0, 0.05) is 28.4 Å². The highest BCUT2D eigenvalue weighted by Crippen LogP contribution is 2.32. The molecule has 0 amide bonds. The van der Waals surface area contributed by atoms with Crippen molar-refractivity contribution in [1.82, 2.24) is 9.55 Å². The fourth-order valence-electron chi connectivity index (χ4n) is 3.52. The van der Waals surface area contributed by atoms with Gasteiger partial charge in [-0.25, -0.2) is 0 Å². The van der Waals surface area contributed by atoms with Crippen LogP contribution in [0.1, 0.15) is 29.8 Å². The molecule has 106 valence electrons. The average Bonchev–Trinajstić information content (AvgIpc) is 2.83. The Labute approximate surface area is 123 Å². The number of pyridine rings is 1. The van der Waals surface area contributed by atoms with Crippen LogP contribution in [0.3, 0.4) is 0 Å². The maximum Gasteiger partial charge on any atom is 0.248 e. The van der Waals surface area contributed by atoms with Gasteiger partial charge in [-0.1, -0.05) is 24.3 Å². The maximum atomic E-state index is 11.5. The summed E-state index contributed by atoms with van der Waals surface area (Å²) in [5.41, 5.74) is 5.19. The fourth-order valence-corrected chi connectivity index (χ4v) is 3.52. The van der Waals surface area contributed by atoms with E-state index in [4.69, 9.17) is 0 Å². The summed E-state index contributed by atoms with van der Waals surface area (Å²) in [6, 6.07) is 14.0. The minimum absolute atomic E-state index is 0.0298. The van der Waals surface area contributed by atoms with Crippen LogP contribution < -0.4 is 5.56 Å². The minimum Gasteiger partial charge on any atom is -0.338 e. The minimum atomic E-state index is -0.0298. The van der Waals surface area contributed by atoms with E-state index in [-0.39, 0.29) is 5.56 Å². The van der Waals surface area contributed by atoms with Gasteiger partial charge in [0.15, 0.2) is 0 Å². The molecule has 21 heavy (non-hydrogen) atoms. The van der Waals surface area contributed by atoms with E-state index in [1.807, 2.05) is 12.1 Å². The van der Waals surface area contributed by atoms with Crippen molar-refractivity contribution in [3.8, 4) is 0 Å². The molecule has 0 radical (unpaired) electrons. The van der Waals surface area contributed by atoms with Crippen LogP contribution in [-0.2, 0) is 19.4 Å². The number of para-hydroxylation sites is 1. The van der Waals surface area contributed by atoms with Crippen LogP contribution in [0.15, 0.2) is 47.3 Å². The second-order valence-corrected chi connectivity index (χ2v) is 5.78. The third kappa shape index (κ3) is 2.09. The molecule has 0 aliphatic heterocycles. The molecule has 3 aromatic rings. The molecule has 1 aromatic carbocycles. The first-order valence-corrected chi connectivity index (χ1v) is 7.60. The predicted molar refractivity (Wildman–Crippen MR) is 84.7 cm³/mol. The summed E-state index contributed by atoms with van der Waals surface area (Å²) in [6.07, 6.45) is 4.85. The Balaban J connectivity index is 1.89. The monoisotopic (exact) mass is 278 g/mol. The summed E-state index contributed by atoms with van der Waals surface area (Å²) in [4.78, 5) is 14.4. The normalized spacial score (nSPS) is 14.3. The summed E-state index contributed by atoms with van der Waals surface area (Å²) < 4.78 is 2.38. The fraction of sp³-hybridized carbons (Fsp3) is 0.278. The highest BCUT2D eigenvalue weighted by atomic mass is 16.1. The van der Waals surface area contributed by atoms with Crippen LogP contribution >= 0.6 is 0 Å². The number of H-pyrrole nitrogens is 1. The molecule has 0 saturated carbocycles. The molecule has 3 heteroatoms. The van der Waals surface area contributed by atoms with Crippen LogP contribution in [0.5, 0.6) is 0 Å². The lowest BCUT2D eigenvalue weighted by Gasteiger charge is -2.16. The van der Waals surface area contributed by atoms with E-state index in [0.29, 0.717) is 0 Å². The zero-order valence-electron chi connectivity index (χ0n) is 11.9. The number of fused-ring (bicyclic) bond motifs is 3. The molecule has 0 saturated heterocycles. The van der Waals surface area contributed by atoms with E-state index >= 15 is 0 Å². The Morgan fingerprint density at radius 3 is 2.76 bits per heavy atom. The Hall–Kier alpha value is -2.29. The average molecular weight is 278 g/mol. The summed E-state index contributed by atoms with van der Waals surface area (Å²) in [5, 5.41) is 1.38. The SMILES string of the molecule is O=c1cccc(Cn2c3c(c4ccccc42)CCCC3)[nH]1.